The van der Waals surface area contributed by atoms with Gasteiger partial charge in [-0.2, -0.15) is 0 Å². The van der Waals surface area contributed by atoms with Gasteiger partial charge in [0.15, 0.2) is 0 Å². The van der Waals surface area contributed by atoms with Crippen LogP contribution in [0.2, 0.25) is 10.0 Å². The van der Waals surface area contributed by atoms with Gasteiger partial charge in [0.05, 0.1) is 21.0 Å². The maximum absolute atomic E-state index is 12.8. The molecule has 4 rings (SSSR count). The van der Waals surface area contributed by atoms with Crippen LogP contribution >= 0.6 is 23.2 Å². The molecule has 0 unspecified atom stereocenters. The molecule has 7 heteroatoms. The second kappa shape index (κ2) is 8.46. The zero-order chi connectivity index (χ0) is 22.1. The summed E-state index contributed by atoms with van der Waals surface area (Å²) >= 11 is 11.8. The maximum Gasteiger partial charge on any atom is 0.343 e. The molecule has 0 amide bonds. The zero-order valence-electron chi connectivity index (χ0n) is 16.6. The van der Waals surface area contributed by atoms with Crippen molar-refractivity contribution >= 4 is 40.1 Å². The van der Waals surface area contributed by atoms with Gasteiger partial charge in [0.2, 0.25) is 11.2 Å². The van der Waals surface area contributed by atoms with Crippen LogP contribution < -0.4 is 14.9 Å². The minimum atomic E-state index is -0.616. The molecule has 0 aliphatic carbocycles. The highest BCUT2D eigenvalue weighted by atomic mass is 35.5. The molecule has 0 saturated heterocycles. The molecule has 1 heterocycles. The summed E-state index contributed by atoms with van der Waals surface area (Å²) in [5.41, 5.74) is 2.22. The summed E-state index contributed by atoms with van der Waals surface area (Å²) in [5.74, 6) is 0.221. The normalized spacial score (nSPS) is 10.8. The van der Waals surface area contributed by atoms with Crippen molar-refractivity contribution in [3.05, 3.63) is 97.8 Å². The Kier molecular flexibility index (Phi) is 5.72. The summed E-state index contributed by atoms with van der Waals surface area (Å²) in [7, 11) is 0. The van der Waals surface area contributed by atoms with E-state index in [9.17, 15) is 9.59 Å². The minimum absolute atomic E-state index is 0.0676. The van der Waals surface area contributed by atoms with Gasteiger partial charge in [-0.05, 0) is 67.4 Å². The van der Waals surface area contributed by atoms with E-state index in [1.54, 1.807) is 0 Å². The highest BCUT2D eigenvalue weighted by Gasteiger charge is 2.14. The lowest BCUT2D eigenvalue weighted by atomic mass is 10.1. The molecule has 5 nitrogen and oxygen atoms in total. The van der Waals surface area contributed by atoms with Gasteiger partial charge >= 0.3 is 5.97 Å². The van der Waals surface area contributed by atoms with E-state index in [2.05, 4.69) is 0 Å². The third-order valence-corrected chi connectivity index (χ3v) is 5.24. The number of fused-ring (bicyclic) bond motifs is 1. The molecule has 1 aromatic heterocycles. The van der Waals surface area contributed by atoms with Gasteiger partial charge in [0.25, 0.3) is 0 Å². The number of ether oxygens (including phenoxy) is 2. The van der Waals surface area contributed by atoms with Gasteiger partial charge in [0.1, 0.15) is 23.3 Å². The number of halogens is 2. The van der Waals surface area contributed by atoms with Crippen LogP contribution in [0.1, 0.15) is 21.5 Å². The summed E-state index contributed by atoms with van der Waals surface area (Å²) in [6.45, 7) is 3.90. The van der Waals surface area contributed by atoms with Crippen LogP contribution in [0.25, 0.3) is 11.0 Å². The van der Waals surface area contributed by atoms with Crippen LogP contribution in [0.3, 0.4) is 0 Å². The van der Waals surface area contributed by atoms with E-state index in [0.29, 0.717) is 16.2 Å². The first-order chi connectivity index (χ1) is 14.8. The molecular weight excluding hydrogens is 439 g/mol. The second-order valence-electron chi connectivity index (χ2n) is 7.03. The van der Waals surface area contributed by atoms with Gasteiger partial charge in [-0.25, -0.2) is 4.79 Å². The van der Waals surface area contributed by atoms with Gasteiger partial charge in [0, 0.05) is 6.07 Å². The molecule has 0 fully saturated rings. The fourth-order valence-electron chi connectivity index (χ4n) is 3.13. The molecule has 0 radical (unpaired) electrons. The van der Waals surface area contributed by atoms with Crippen molar-refractivity contribution in [2.75, 3.05) is 0 Å². The average Bonchev–Trinajstić information content (AvgIpc) is 2.71. The summed E-state index contributed by atoms with van der Waals surface area (Å²) < 4.78 is 16.7. The van der Waals surface area contributed by atoms with Gasteiger partial charge in [-0.15, -0.1) is 0 Å². The molecular formula is C24H16Cl2O5. The molecule has 31 heavy (non-hydrogen) atoms. The molecule has 0 N–H and O–H groups in total. The van der Waals surface area contributed by atoms with E-state index in [4.69, 9.17) is 37.1 Å². The van der Waals surface area contributed by atoms with E-state index in [0.717, 1.165) is 11.1 Å². The summed E-state index contributed by atoms with van der Waals surface area (Å²) in [6.07, 6.45) is 1.24. The molecule has 0 spiro atoms. The Bertz CT molecular complexity index is 1350. The highest BCUT2D eigenvalue weighted by molar-refractivity contribution is 6.42. The van der Waals surface area contributed by atoms with Crippen molar-refractivity contribution in [3.63, 3.8) is 0 Å². The van der Waals surface area contributed by atoms with E-state index in [1.165, 1.54) is 42.7 Å². The molecule has 0 bridgehead atoms. The lowest BCUT2D eigenvalue weighted by Gasteiger charge is -2.09. The number of rotatable bonds is 4. The monoisotopic (exact) mass is 454 g/mol. The van der Waals surface area contributed by atoms with Gasteiger partial charge in [-0.3, -0.25) is 4.79 Å². The largest absolute Gasteiger partial charge is 0.460 e. The first-order valence-electron chi connectivity index (χ1n) is 9.29. The van der Waals surface area contributed by atoms with Crippen LogP contribution in [-0.4, -0.2) is 5.97 Å². The summed E-state index contributed by atoms with van der Waals surface area (Å²) in [5, 5.41) is 0.887. The first kappa shape index (κ1) is 21.0. The molecule has 0 atom stereocenters. The number of carbonyl (C=O) groups excluding carboxylic acids is 1. The number of aryl methyl sites for hydroxylation is 2. The molecule has 156 valence electrons. The predicted molar refractivity (Wildman–Crippen MR) is 120 cm³/mol. The van der Waals surface area contributed by atoms with Crippen LogP contribution in [0.4, 0.5) is 0 Å². The Morgan fingerprint density at radius 1 is 0.871 bits per heavy atom. The van der Waals surface area contributed by atoms with E-state index < -0.39 is 5.97 Å². The third kappa shape index (κ3) is 4.58. The van der Waals surface area contributed by atoms with E-state index in [-0.39, 0.29) is 33.1 Å². The lowest BCUT2D eigenvalue weighted by molar-refractivity contribution is 0.0735. The predicted octanol–water partition coefficient (Wildman–Crippen LogP) is 6.73. The number of esters is 1. The van der Waals surface area contributed by atoms with Crippen LogP contribution in [0.15, 0.2) is 70.1 Å². The Morgan fingerprint density at radius 2 is 1.61 bits per heavy atom. The molecule has 0 saturated carbocycles. The minimum Gasteiger partial charge on any atom is -0.460 e. The van der Waals surface area contributed by atoms with E-state index in [1.807, 2.05) is 32.0 Å². The topological polar surface area (TPSA) is 65.7 Å². The SMILES string of the molecule is Cc1cc(C)cc(Oc2coc3cc(OC(=O)c4ccc(Cl)c(Cl)c4)ccc3c2=O)c1. The first-order valence-corrected chi connectivity index (χ1v) is 10.0. The van der Waals surface area contributed by atoms with Gasteiger partial charge in [-0.1, -0.05) is 29.3 Å². The average molecular weight is 455 g/mol. The Balaban J connectivity index is 1.60. The smallest absolute Gasteiger partial charge is 0.343 e. The second-order valence-corrected chi connectivity index (χ2v) is 7.85. The van der Waals surface area contributed by atoms with Crippen molar-refractivity contribution in [3.8, 4) is 17.2 Å². The third-order valence-electron chi connectivity index (χ3n) is 4.50. The van der Waals surface area contributed by atoms with Crippen molar-refractivity contribution in [1.82, 2.24) is 0 Å². The quantitative estimate of drug-likeness (QED) is 0.252. The Labute approximate surface area is 187 Å². The highest BCUT2D eigenvalue weighted by Crippen LogP contribution is 2.27. The number of benzene rings is 3. The zero-order valence-corrected chi connectivity index (χ0v) is 18.1. The number of carbonyl (C=O) groups is 1. The summed E-state index contributed by atoms with van der Waals surface area (Å²) in [4.78, 5) is 25.2. The van der Waals surface area contributed by atoms with Gasteiger partial charge < -0.3 is 13.9 Å². The lowest BCUT2D eigenvalue weighted by Crippen LogP contribution is -2.09. The number of hydrogen-bond acceptors (Lipinski definition) is 5. The number of hydrogen-bond donors (Lipinski definition) is 0. The molecule has 4 aromatic rings. The van der Waals surface area contributed by atoms with E-state index >= 15 is 0 Å². The fraction of sp³-hybridized carbons (Fsp3) is 0.0833. The maximum atomic E-state index is 12.8. The Morgan fingerprint density at radius 3 is 2.32 bits per heavy atom. The van der Waals surface area contributed by atoms with Crippen LogP contribution in [-0.2, 0) is 0 Å². The standard InChI is InChI=1S/C24H16Cl2O5/c1-13-7-14(2)9-17(8-13)30-22-12-29-21-11-16(4-5-18(21)23(22)27)31-24(28)15-3-6-19(25)20(26)10-15/h3-12H,1-2H3. The van der Waals surface area contributed by atoms with Crippen molar-refractivity contribution < 1.29 is 18.7 Å². The van der Waals surface area contributed by atoms with Crippen molar-refractivity contribution in [2.45, 2.75) is 13.8 Å². The molecule has 3 aromatic carbocycles. The fourth-order valence-corrected chi connectivity index (χ4v) is 3.43. The Hall–Kier alpha value is -3.28. The molecule has 0 aliphatic rings. The van der Waals surface area contributed by atoms with Crippen LogP contribution in [0.5, 0.6) is 17.2 Å². The molecule has 0 aliphatic heterocycles. The van der Waals surface area contributed by atoms with Crippen molar-refractivity contribution in [1.29, 1.82) is 0 Å². The van der Waals surface area contributed by atoms with Crippen LogP contribution in [0, 0.1) is 13.8 Å². The summed E-state index contributed by atoms with van der Waals surface area (Å²) in [6, 6.07) is 14.6. The van der Waals surface area contributed by atoms with Crippen molar-refractivity contribution in [2.24, 2.45) is 0 Å².